The Bertz CT molecular complexity index is 820. The fourth-order valence-electron chi connectivity index (χ4n) is 4.04. The zero-order valence-corrected chi connectivity index (χ0v) is 15.5. The van der Waals surface area contributed by atoms with Gasteiger partial charge in [0.05, 0.1) is 5.56 Å². The van der Waals surface area contributed by atoms with Crippen LogP contribution in [0.2, 0.25) is 0 Å². The van der Waals surface area contributed by atoms with Gasteiger partial charge < -0.3 is 9.32 Å². The highest BCUT2D eigenvalue weighted by Crippen LogP contribution is 2.55. The van der Waals surface area contributed by atoms with Crippen LogP contribution in [0.1, 0.15) is 58.9 Å². The summed E-state index contributed by atoms with van der Waals surface area (Å²) in [5.41, 5.74) is -4.01. The summed E-state index contributed by atoms with van der Waals surface area (Å²) in [5, 5.41) is 0. The minimum absolute atomic E-state index is 0.164. The Morgan fingerprint density at radius 1 is 1.07 bits per heavy atom. The molecule has 10 heteroatoms. The van der Waals surface area contributed by atoms with Gasteiger partial charge in [-0.2, -0.15) is 26.3 Å². The molecule has 4 nitrogen and oxygen atoms in total. The number of ketones is 1. The van der Waals surface area contributed by atoms with Crippen LogP contribution in [-0.2, 0) is 6.42 Å². The molecule has 1 aromatic rings. The number of fused-ring (bicyclic) bond motifs is 1. The second-order valence-electron chi connectivity index (χ2n) is 8.35. The first-order chi connectivity index (χ1) is 12.6. The number of alkyl halides is 6. The van der Waals surface area contributed by atoms with E-state index in [9.17, 15) is 35.9 Å². The number of nitrogens with zero attached hydrogens (tertiary/aromatic N) is 1. The molecule has 0 saturated carbocycles. The van der Waals surface area contributed by atoms with Gasteiger partial charge in [-0.05, 0) is 18.8 Å². The molecule has 1 saturated heterocycles. The number of carbonyl (C=O) groups excluding carboxylic acids is 2. The van der Waals surface area contributed by atoms with E-state index >= 15 is 0 Å². The first-order valence-electron chi connectivity index (χ1n) is 8.68. The lowest BCUT2D eigenvalue weighted by Crippen LogP contribution is -2.52. The van der Waals surface area contributed by atoms with Gasteiger partial charge >= 0.3 is 12.4 Å². The largest absolute Gasteiger partial charge is 0.455 e. The smallest absolute Gasteiger partial charge is 0.404 e. The highest BCUT2D eigenvalue weighted by Gasteiger charge is 2.73. The van der Waals surface area contributed by atoms with E-state index in [2.05, 4.69) is 0 Å². The number of Topliss-reactive ketones (excluding diaryl/α,β-unsaturated/α-hetero) is 1. The second-order valence-corrected chi connectivity index (χ2v) is 8.35. The fraction of sp³-hybridized carbons (Fsp3) is 0.667. The van der Waals surface area contributed by atoms with Gasteiger partial charge in [0.15, 0.2) is 17.0 Å². The predicted molar refractivity (Wildman–Crippen MR) is 84.9 cm³/mol. The maximum Gasteiger partial charge on any atom is 0.404 e. The molecule has 0 radical (unpaired) electrons. The molecule has 1 amide bonds. The Balaban J connectivity index is 1.94. The van der Waals surface area contributed by atoms with Crippen molar-refractivity contribution >= 4 is 11.7 Å². The molecule has 2 aliphatic rings. The normalized spacial score (nSPS) is 21.8. The first-order valence-corrected chi connectivity index (χ1v) is 8.68. The monoisotopic (exact) mass is 411 g/mol. The number of carbonyl (C=O) groups is 2. The van der Waals surface area contributed by atoms with Crippen LogP contribution in [0, 0.1) is 17.8 Å². The number of hydrogen-bond donors (Lipinski definition) is 0. The average Bonchev–Trinajstić information content (AvgIpc) is 3.07. The van der Waals surface area contributed by atoms with Crippen molar-refractivity contribution in [1.82, 2.24) is 4.90 Å². The quantitative estimate of drug-likeness (QED) is 0.630. The van der Waals surface area contributed by atoms with E-state index in [4.69, 9.17) is 4.42 Å². The van der Waals surface area contributed by atoms with Gasteiger partial charge in [-0.15, -0.1) is 0 Å². The number of halogens is 6. The summed E-state index contributed by atoms with van der Waals surface area (Å²) in [7, 11) is 0. The van der Waals surface area contributed by atoms with Crippen LogP contribution in [-0.4, -0.2) is 42.0 Å². The Morgan fingerprint density at radius 2 is 1.64 bits per heavy atom. The molecule has 1 aliphatic carbocycles. The van der Waals surface area contributed by atoms with Crippen LogP contribution in [0.5, 0.6) is 0 Å². The molecule has 0 atom stereocenters. The van der Waals surface area contributed by atoms with Gasteiger partial charge in [0.2, 0.25) is 0 Å². The van der Waals surface area contributed by atoms with Gasteiger partial charge in [0.1, 0.15) is 5.76 Å². The summed E-state index contributed by atoms with van der Waals surface area (Å²) < 4.78 is 84.8. The van der Waals surface area contributed by atoms with Crippen molar-refractivity contribution in [2.24, 2.45) is 10.8 Å². The number of furan rings is 1. The molecule has 1 aliphatic heterocycles. The highest BCUT2D eigenvalue weighted by atomic mass is 19.4. The lowest BCUT2D eigenvalue weighted by molar-refractivity contribution is -0.334. The van der Waals surface area contributed by atoms with Crippen molar-refractivity contribution in [3.05, 3.63) is 22.6 Å². The van der Waals surface area contributed by atoms with Crippen molar-refractivity contribution < 1.29 is 40.3 Å². The van der Waals surface area contributed by atoms with E-state index in [1.807, 2.05) is 13.8 Å². The highest BCUT2D eigenvalue weighted by molar-refractivity contribution is 6.03. The molecule has 1 fully saturated rings. The fourth-order valence-corrected chi connectivity index (χ4v) is 4.04. The van der Waals surface area contributed by atoms with Gasteiger partial charge in [0.25, 0.3) is 5.91 Å². The zero-order chi connectivity index (χ0) is 21.3. The van der Waals surface area contributed by atoms with Crippen LogP contribution in [0.4, 0.5) is 26.3 Å². The van der Waals surface area contributed by atoms with Crippen molar-refractivity contribution in [3.8, 4) is 0 Å². The van der Waals surface area contributed by atoms with E-state index in [-0.39, 0.29) is 34.9 Å². The van der Waals surface area contributed by atoms with Crippen molar-refractivity contribution in [1.29, 1.82) is 0 Å². The number of rotatable bonds is 1. The van der Waals surface area contributed by atoms with E-state index in [0.717, 1.165) is 0 Å². The third kappa shape index (κ3) is 3.00. The molecule has 156 valence electrons. The predicted octanol–water partition coefficient (Wildman–Crippen LogP) is 4.70. The maximum absolute atomic E-state index is 13.2. The number of hydrogen-bond acceptors (Lipinski definition) is 3. The minimum Gasteiger partial charge on any atom is -0.455 e. The van der Waals surface area contributed by atoms with Crippen LogP contribution in [0.15, 0.2) is 4.42 Å². The Labute approximate surface area is 156 Å². The van der Waals surface area contributed by atoms with Crippen LogP contribution in [0.25, 0.3) is 0 Å². The van der Waals surface area contributed by atoms with Gasteiger partial charge in [-0.25, -0.2) is 0 Å². The standard InChI is InChI=1S/C18H19F6NO3/c1-9-12-10(26)6-15(2,3)7-11(12)28-13(9)14(27)25-5-4-16(8-25,17(19,20)21)18(22,23)24/h4-8H2,1-3H3. The van der Waals surface area contributed by atoms with Crippen LogP contribution >= 0.6 is 0 Å². The zero-order valence-electron chi connectivity index (χ0n) is 15.5. The third-order valence-electron chi connectivity index (χ3n) is 5.61. The molecular weight excluding hydrogens is 392 g/mol. The van der Waals surface area contributed by atoms with E-state index < -0.39 is 48.6 Å². The molecule has 2 heterocycles. The Morgan fingerprint density at radius 3 is 2.14 bits per heavy atom. The summed E-state index contributed by atoms with van der Waals surface area (Å²) in [6.45, 7) is 2.84. The summed E-state index contributed by atoms with van der Waals surface area (Å²) in [5.74, 6) is -1.43. The van der Waals surface area contributed by atoms with E-state index in [1.54, 1.807) is 0 Å². The van der Waals surface area contributed by atoms with Gasteiger partial charge in [-0.3, -0.25) is 9.59 Å². The summed E-state index contributed by atoms with van der Waals surface area (Å²) in [6.07, 6.45) is -11.8. The molecule has 0 unspecified atom stereocenters. The Hall–Kier alpha value is -2.00. The number of likely N-dealkylation sites (tertiary alicyclic amines) is 1. The molecular formula is C18H19F6NO3. The first kappa shape index (κ1) is 20.7. The topological polar surface area (TPSA) is 50.5 Å². The van der Waals surface area contributed by atoms with Crippen LogP contribution < -0.4 is 0 Å². The van der Waals surface area contributed by atoms with Gasteiger partial charge in [-0.1, -0.05) is 13.8 Å². The molecule has 0 spiro atoms. The summed E-state index contributed by atoms with van der Waals surface area (Å²) in [4.78, 5) is 25.6. The molecule has 1 aromatic heterocycles. The lowest BCUT2D eigenvalue weighted by atomic mass is 9.76. The SMILES string of the molecule is Cc1c(C(=O)N2CCC(C(F)(F)F)(C(F)(F)F)C2)oc2c1C(=O)CC(C)(C)C2. The lowest BCUT2D eigenvalue weighted by Gasteiger charge is -2.33. The van der Waals surface area contributed by atoms with Crippen LogP contribution in [0.3, 0.4) is 0 Å². The molecule has 0 bridgehead atoms. The molecule has 0 N–H and O–H groups in total. The third-order valence-corrected chi connectivity index (χ3v) is 5.61. The average molecular weight is 411 g/mol. The summed E-state index contributed by atoms with van der Waals surface area (Å²) >= 11 is 0. The van der Waals surface area contributed by atoms with Gasteiger partial charge in [0, 0.05) is 31.5 Å². The number of amides is 1. The second kappa shape index (κ2) is 6.00. The van der Waals surface area contributed by atoms with Crippen molar-refractivity contribution in [3.63, 3.8) is 0 Å². The summed E-state index contributed by atoms with van der Waals surface area (Å²) in [6, 6.07) is 0. The Kier molecular flexibility index (Phi) is 4.44. The van der Waals surface area contributed by atoms with E-state index in [0.29, 0.717) is 11.3 Å². The van der Waals surface area contributed by atoms with Crippen molar-refractivity contribution in [2.45, 2.75) is 52.4 Å². The molecule has 0 aromatic carbocycles. The van der Waals surface area contributed by atoms with Crippen molar-refractivity contribution in [2.75, 3.05) is 13.1 Å². The minimum atomic E-state index is -5.54. The maximum atomic E-state index is 13.2. The van der Waals surface area contributed by atoms with E-state index in [1.165, 1.54) is 6.92 Å². The molecule has 3 rings (SSSR count). The molecule has 28 heavy (non-hydrogen) atoms.